The minimum absolute atomic E-state index is 0.0695. The fourth-order valence-corrected chi connectivity index (χ4v) is 5.07. The first kappa shape index (κ1) is 20.7. The summed E-state index contributed by atoms with van der Waals surface area (Å²) in [5.74, 6) is 0.140. The standard InChI is InChI=1S/C21H26Cl2N4O2/c1-26-9-8-25-20(14-2-4-18(28)16(22)12-14)21(26,27-10-6-24-7-11-27)15-3-5-19(29)17(23)13-15/h2-5,12-13,20,24-25,28-29H,6-11H2,1H3. The second-order valence-electron chi connectivity index (χ2n) is 7.65. The summed E-state index contributed by atoms with van der Waals surface area (Å²) in [6.07, 6.45) is 0. The number of halogens is 2. The average molecular weight is 437 g/mol. The summed E-state index contributed by atoms with van der Waals surface area (Å²) in [6, 6.07) is 10.7. The van der Waals surface area contributed by atoms with Crippen molar-refractivity contribution in [2.24, 2.45) is 0 Å². The number of benzene rings is 2. The Hall–Kier alpha value is -1.54. The van der Waals surface area contributed by atoms with Crippen LogP contribution in [0.5, 0.6) is 11.5 Å². The number of rotatable bonds is 3. The van der Waals surface area contributed by atoms with Crippen LogP contribution in [0.1, 0.15) is 17.2 Å². The molecule has 2 saturated heterocycles. The van der Waals surface area contributed by atoms with E-state index in [1.165, 1.54) is 0 Å². The number of piperazine rings is 2. The molecule has 0 radical (unpaired) electrons. The number of phenolic OH excluding ortho intramolecular Hbond substituents is 2. The van der Waals surface area contributed by atoms with E-state index in [4.69, 9.17) is 23.2 Å². The summed E-state index contributed by atoms with van der Waals surface area (Å²) in [7, 11) is 2.12. The SMILES string of the molecule is CN1CCNC(c2ccc(O)c(Cl)c2)C1(c1ccc(O)c(Cl)c1)N1CCNCC1. The molecule has 8 heteroatoms. The maximum atomic E-state index is 10.0. The molecule has 2 unspecified atom stereocenters. The maximum absolute atomic E-state index is 10.0. The number of nitrogens with one attached hydrogen (secondary N) is 2. The molecule has 156 valence electrons. The van der Waals surface area contributed by atoms with Crippen LogP contribution in [0.25, 0.3) is 0 Å². The fraction of sp³-hybridized carbons (Fsp3) is 0.429. The molecule has 2 aliphatic rings. The van der Waals surface area contributed by atoms with Gasteiger partial charge in [-0.1, -0.05) is 35.3 Å². The average Bonchev–Trinajstić information content (AvgIpc) is 2.73. The van der Waals surface area contributed by atoms with Gasteiger partial charge in [-0.2, -0.15) is 0 Å². The Morgan fingerprint density at radius 1 is 0.931 bits per heavy atom. The smallest absolute Gasteiger partial charge is 0.134 e. The van der Waals surface area contributed by atoms with Crippen molar-refractivity contribution in [3.8, 4) is 11.5 Å². The third-order valence-electron chi connectivity index (χ3n) is 6.06. The molecule has 4 rings (SSSR count). The van der Waals surface area contributed by atoms with E-state index in [1.54, 1.807) is 12.1 Å². The van der Waals surface area contributed by atoms with E-state index >= 15 is 0 Å². The van der Waals surface area contributed by atoms with E-state index in [9.17, 15) is 10.2 Å². The Labute approximate surface area is 181 Å². The lowest BCUT2D eigenvalue weighted by molar-refractivity contribution is -0.104. The predicted octanol–water partition coefficient (Wildman–Crippen LogP) is 2.74. The van der Waals surface area contributed by atoms with Gasteiger partial charge in [0.1, 0.15) is 17.2 Å². The lowest BCUT2D eigenvalue weighted by Gasteiger charge is -2.58. The summed E-state index contributed by atoms with van der Waals surface area (Å²) < 4.78 is 0. The normalized spacial score (nSPS) is 26.5. The van der Waals surface area contributed by atoms with E-state index in [0.717, 1.165) is 50.4 Å². The zero-order valence-corrected chi connectivity index (χ0v) is 17.8. The molecule has 0 saturated carbocycles. The topological polar surface area (TPSA) is 71.0 Å². The highest BCUT2D eigenvalue weighted by Gasteiger charge is 2.51. The number of hydrogen-bond acceptors (Lipinski definition) is 6. The van der Waals surface area contributed by atoms with Crippen molar-refractivity contribution in [3.05, 3.63) is 57.6 Å². The van der Waals surface area contributed by atoms with Gasteiger partial charge in [0.2, 0.25) is 0 Å². The van der Waals surface area contributed by atoms with Crippen molar-refractivity contribution in [2.75, 3.05) is 46.3 Å². The van der Waals surface area contributed by atoms with Gasteiger partial charge < -0.3 is 20.8 Å². The van der Waals surface area contributed by atoms with Crippen molar-refractivity contribution < 1.29 is 10.2 Å². The zero-order chi connectivity index (χ0) is 20.6. The van der Waals surface area contributed by atoms with E-state index in [0.29, 0.717) is 10.0 Å². The Morgan fingerprint density at radius 2 is 1.59 bits per heavy atom. The molecule has 0 bridgehead atoms. The Bertz CT molecular complexity index is 891. The Balaban J connectivity index is 1.92. The van der Waals surface area contributed by atoms with Gasteiger partial charge in [-0.05, 0) is 42.4 Å². The second kappa shape index (κ2) is 8.30. The molecule has 0 aliphatic carbocycles. The lowest BCUT2D eigenvalue weighted by Crippen LogP contribution is -2.69. The zero-order valence-electron chi connectivity index (χ0n) is 16.3. The summed E-state index contributed by atoms with van der Waals surface area (Å²) in [5.41, 5.74) is 1.46. The monoisotopic (exact) mass is 436 g/mol. The highest BCUT2D eigenvalue weighted by molar-refractivity contribution is 6.32. The molecule has 4 N–H and O–H groups in total. The first-order valence-corrected chi connectivity index (χ1v) is 10.6. The molecule has 2 aromatic rings. The van der Waals surface area contributed by atoms with Gasteiger partial charge in [-0.3, -0.25) is 9.80 Å². The number of nitrogens with zero attached hydrogens (tertiary/aromatic N) is 2. The molecule has 6 nitrogen and oxygen atoms in total. The number of phenols is 2. The summed E-state index contributed by atoms with van der Waals surface area (Å²) in [6.45, 7) is 5.19. The molecule has 0 spiro atoms. The van der Waals surface area contributed by atoms with Crippen LogP contribution in [0.4, 0.5) is 0 Å². The van der Waals surface area contributed by atoms with Crippen LogP contribution in [-0.4, -0.2) is 66.3 Å². The summed E-state index contributed by atoms with van der Waals surface area (Å²) >= 11 is 12.6. The first-order valence-electron chi connectivity index (χ1n) is 9.82. The van der Waals surface area contributed by atoms with E-state index in [2.05, 4.69) is 27.5 Å². The van der Waals surface area contributed by atoms with Gasteiger partial charge in [-0.25, -0.2) is 0 Å². The third kappa shape index (κ3) is 3.58. The predicted molar refractivity (Wildman–Crippen MR) is 116 cm³/mol. The van der Waals surface area contributed by atoms with Gasteiger partial charge in [0.05, 0.1) is 16.1 Å². The van der Waals surface area contributed by atoms with Crippen molar-refractivity contribution >= 4 is 23.2 Å². The molecule has 2 aliphatic heterocycles. The van der Waals surface area contributed by atoms with Crippen LogP contribution in [-0.2, 0) is 5.66 Å². The number of likely N-dealkylation sites (N-methyl/N-ethyl adjacent to an activating group) is 1. The molecule has 2 heterocycles. The van der Waals surface area contributed by atoms with Gasteiger partial charge in [0.25, 0.3) is 0 Å². The Morgan fingerprint density at radius 3 is 2.24 bits per heavy atom. The van der Waals surface area contributed by atoms with Crippen LogP contribution in [0.3, 0.4) is 0 Å². The molecule has 0 aromatic heterocycles. The van der Waals surface area contributed by atoms with Crippen molar-refractivity contribution in [2.45, 2.75) is 11.7 Å². The maximum Gasteiger partial charge on any atom is 0.134 e. The van der Waals surface area contributed by atoms with E-state index in [-0.39, 0.29) is 17.5 Å². The van der Waals surface area contributed by atoms with Crippen LogP contribution >= 0.6 is 23.2 Å². The summed E-state index contributed by atoms with van der Waals surface area (Å²) in [5, 5.41) is 27.7. The van der Waals surface area contributed by atoms with Crippen LogP contribution in [0, 0.1) is 0 Å². The van der Waals surface area contributed by atoms with Gasteiger partial charge in [-0.15, -0.1) is 0 Å². The molecule has 2 aromatic carbocycles. The van der Waals surface area contributed by atoms with Crippen LogP contribution < -0.4 is 10.6 Å². The molecule has 2 fully saturated rings. The fourth-order valence-electron chi connectivity index (χ4n) is 4.70. The van der Waals surface area contributed by atoms with Crippen molar-refractivity contribution in [3.63, 3.8) is 0 Å². The van der Waals surface area contributed by atoms with Gasteiger partial charge in [0.15, 0.2) is 0 Å². The van der Waals surface area contributed by atoms with Gasteiger partial charge >= 0.3 is 0 Å². The minimum atomic E-state index is -0.530. The minimum Gasteiger partial charge on any atom is -0.506 e. The quantitative estimate of drug-likeness (QED) is 0.592. The molecule has 29 heavy (non-hydrogen) atoms. The van der Waals surface area contributed by atoms with E-state index < -0.39 is 5.66 Å². The molecular weight excluding hydrogens is 411 g/mol. The second-order valence-corrected chi connectivity index (χ2v) is 8.46. The summed E-state index contributed by atoms with van der Waals surface area (Å²) in [4.78, 5) is 4.81. The molecule has 0 amide bonds. The highest BCUT2D eigenvalue weighted by Crippen LogP contribution is 2.47. The first-order chi connectivity index (χ1) is 13.9. The highest BCUT2D eigenvalue weighted by atomic mass is 35.5. The third-order valence-corrected chi connectivity index (χ3v) is 6.66. The molecule has 2 atom stereocenters. The van der Waals surface area contributed by atoms with Crippen LogP contribution in [0.2, 0.25) is 10.0 Å². The molecular formula is C21H26Cl2N4O2. The Kier molecular flexibility index (Phi) is 5.93. The van der Waals surface area contributed by atoms with E-state index in [1.807, 2.05) is 24.3 Å². The number of aromatic hydroxyl groups is 2. The van der Waals surface area contributed by atoms with Crippen LogP contribution in [0.15, 0.2) is 36.4 Å². The van der Waals surface area contributed by atoms with Crippen molar-refractivity contribution in [1.82, 2.24) is 20.4 Å². The van der Waals surface area contributed by atoms with Gasteiger partial charge in [0, 0.05) is 39.3 Å². The lowest BCUT2D eigenvalue weighted by atomic mass is 9.81. The largest absolute Gasteiger partial charge is 0.506 e. The number of hydrogen-bond donors (Lipinski definition) is 4. The van der Waals surface area contributed by atoms with Crippen molar-refractivity contribution in [1.29, 1.82) is 0 Å².